The summed E-state index contributed by atoms with van der Waals surface area (Å²) in [6, 6.07) is 22.9. The van der Waals surface area contributed by atoms with Crippen LogP contribution in [-0.4, -0.2) is 35.6 Å². The maximum Gasteiger partial charge on any atom is 0.272 e. The highest BCUT2D eigenvalue weighted by molar-refractivity contribution is 8.00. The molecule has 0 saturated carbocycles. The fourth-order valence-corrected chi connectivity index (χ4v) is 4.76. The lowest BCUT2D eigenvalue weighted by Crippen LogP contribution is -2.30. The number of aromatic nitrogens is 1. The Labute approximate surface area is 234 Å². The number of anilines is 2. The van der Waals surface area contributed by atoms with Crippen LogP contribution >= 0.6 is 23.1 Å². The van der Waals surface area contributed by atoms with Gasteiger partial charge in [-0.15, -0.1) is 23.1 Å². The molecule has 0 aliphatic rings. The quantitative estimate of drug-likeness (QED) is 0.173. The number of hydrogen-bond donors (Lipinski definition) is 3. The Morgan fingerprint density at radius 3 is 2.31 bits per heavy atom. The summed E-state index contributed by atoms with van der Waals surface area (Å²) in [5.74, 6) is -0.114. The monoisotopic (exact) mass is 558 g/mol. The van der Waals surface area contributed by atoms with Gasteiger partial charge >= 0.3 is 0 Å². The second-order valence-electron chi connectivity index (χ2n) is 8.26. The van der Waals surface area contributed by atoms with Gasteiger partial charge in [-0.3, -0.25) is 14.4 Å². The van der Waals surface area contributed by atoms with Crippen LogP contribution in [0.25, 0.3) is 6.08 Å². The second kappa shape index (κ2) is 13.4. The van der Waals surface area contributed by atoms with Crippen LogP contribution in [0.1, 0.15) is 21.6 Å². The molecule has 3 aromatic carbocycles. The Morgan fingerprint density at radius 1 is 0.949 bits per heavy atom. The van der Waals surface area contributed by atoms with E-state index in [1.807, 2.05) is 30.5 Å². The molecule has 3 N–H and O–H groups in total. The lowest BCUT2D eigenvalue weighted by atomic mass is 10.1. The molecule has 0 aliphatic heterocycles. The fourth-order valence-electron chi connectivity index (χ4n) is 3.36. The number of nitrogens with zero attached hydrogens (tertiary/aromatic N) is 1. The first-order valence-corrected chi connectivity index (χ1v) is 13.7. The van der Waals surface area contributed by atoms with Crippen molar-refractivity contribution in [2.24, 2.45) is 0 Å². The molecule has 39 heavy (non-hydrogen) atoms. The number of benzene rings is 3. The third kappa shape index (κ3) is 8.29. The number of methoxy groups -OCH3 is 1. The van der Waals surface area contributed by atoms with E-state index >= 15 is 0 Å². The first-order valence-electron chi connectivity index (χ1n) is 11.9. The van der Waals surface area contributed by atoms with E-state index in [0.29, 0.717) is 27.7 Å². The Bertz CT molecular complexity index is 1470. The maximum atomic E-state index is 13.2. The first kappa shape index (κ1) is 27.6. The average molecular weight is 559 g/mol. The molecule has 0 atom stereocenters. The molecule has 0 saturated heterocycles. The number of carbonyl (C=O) groups excluding carboxylic acids is 3. The van der Waals surface area contributed by atoms with Crippen molar-refractivity contribution < 1.29 is 19.1 Å². The van der Waals surface area contributed by atoms with Crippen LogP contribution in [0.4, 0.5) is 10.8 Å². The molecule has 10 heteroatoms. The Hall–Kier alpha value is -4.41. The zero-order valence-corrected chi connectivity index (χ0v) is 22.9. The molecule has 4 aromatic rings. The molecule has 3 amide bonds. The van der Waals surface area contributed by atoms with Gasteiger partial charge in [0.25, 0.3) is 11.8 Å². The molecule has 4 rings (SSSR count). The van der Waals surface area contributed by atoms with Gasteiger partial charge in [0.05, 0.1) is 18.6 Å². The predicted molar refractivity (Wildman–Crippen MR) is 156 cm³/mol. The Morgan fingerprint density at radius 2 is 1.67 bits per heavy atom. The van der Waals surface area contributed by atoms with E-state index in [2.05, 4.69) is 20.9 Å². The minimum Gasteiger partial charge on any atom is -0.497 e. The molecular formula is C29H26N4O4S2. The lowest BCUT2D eigenvalue weighted by Gasteiger charge is -2.12. The summed E-state index contributed by atoms with van der Waals surface area (Å²) in [7, 11) is 1.58. The van der Waals surface area contributed by atoms with E-state index < -0.39 is 11.8 Å². The number of thioether (sulfide) groups is 1. The molecule has 0 fully saturated rings. The van der Waals surface area contributed by atoms with Crippen LogP contribution in [-0.2, 0) is 9.59 Å². The first-order chi connectivity index (χ1) is 18.9. The van der Waals surface area contributed by atoms with Crippen molar-refractivity contribution in [3.8, 4) is 5.75 Å². The SMILES string of the molecule is COc1ccc(/C=C(\NC(=O)c2ccccc2)C(=O)Nc2ccc(SCC(=O)Nc3nc(C)cs3)cc2)cc1. The number of aryl methyl sites for hydroxylation is 1. The number of nitrogens with one attached hydrogen (secondary N) is 3. The highest BCUT2D eigenvalue weighted by atomic mass is 32.2. The lowest BCUT2D eigenvalue weighted by molar-refractivity contribution is -0.114. The van der Waals surface area contributed by atoms with Gasteiger partial charge in [0.15, 0.2) is 5.13 Å². The van der Waals surface area contributed by atoms with E-state index in [4.69, 9.17) is 4.74 Å². The molecule has 8 nitrogen and oxygen atoms in total. The van der Waals surface area contributed by atoms with Crippen molar-refractivity contribution in [1.29, 1.82) is 0 Å². The molecule has 0 aliphatic carbocycles. The van der Waals surface area contributed by atoms with Gasteiger partial charge in [-0.05, 0) is 67.1 Å². The molecule has 1 aromatic heterocycles. The van der Waals surface area contributed by atoms with Crippen LogP contribution in [0.2, 0.25) is 0 Å². The summed E-state index contributed by atoms with van der Waals surface area (Å²) in [5, 5.41) is 10.8. The van der Waals surface area contributed by atoms with Crippen LogP contribution in [0.5, 0.6) is 5.75 Å². The minimum absolute atomic E-state index is 0.0848. The summed E-state index contributed by atoms with van der Waals surface area (Å²) in [6.45, 7) is 1.87. The number of ether oxygens (including phenoxy) is 1. The summed E-state index contributed by atoms with van der Waals surface area (Å²) < 4.78 is 5.19. The van der Waals surface area contributed by atoms with Gasteiger partial charge in [-0.1, -0.05) is 30.3 Å². The normalized spacial score (nSPS) is 11.0. The number of thiazole rings is 1. The average Bonchev–Trinajstić information content (AvgIpc) is 3.37. The summed E-state index contributed by atoms with van der Waals surface area (Å²) in [5.41, 5.74) is 2.64. The van der Waals surface area contributed by atoms with E-state index in [9.17, 15) is 14.4 Å². The van der Waals surface area contributed by atoms with Crippen molar-refractivity contribution in [1.82, 2.24) is 10.3 Å². The predicted octanol–water partition coefficient (Wildman–Crippen LogP) is 5.60. The summed E-state index contributed by atoms with van der Waals surface area (Å²) in [6.07, 6.45) is 1.60. The molecule has 1 heterocycles. The van der Waals surface area contributed by atoms with E-state index in [1.165, 1.54) is 23.1 Å². The summed E-state index contributed by atoms with van der Waals surface area (Å²) in [4.78, 5) is 43.3. The van der Waals surface area contributed by atoms with Crippen molar-refractivity contribution in [3.05, 3.63) is 107 Å². The Kier molecular flexibility index (Phi) is 9.49. The molecule has 0 spiro atoms. The molecule has 0 radical (unpaired) electrons. The second-order valence-corrected chi connectivity index (χ2v) is 10.2. The standard InChI is InChI=1S/C29H26N4O4S2/c1-19-17-39-29(30-19)33-26(34)18-38-24-14-10-22(11-15-24)31-28(36)25(16-20-8-12-23(37-2)13-9-20)32-27(35)21-6-4-3-5-7-21/h3-17H,18H2,1-2H3,(H,31,36)(H,32,35)(H,30,33,34)/b25-16-. The van der Waals surface area contributed by atoms with Crippen molar-refractivity contribution in [2.75, 3.05) is 23.5 Å². The molecular weight excluding hydrogens is 532 g/mol. The number of hydrogen-bond acceptors (Lipinski definition) is 7. The molecule has 198 valence electrons. The van der Waals surface area contributed by atoms with Gasteiger partial charge in [0.2, 0.25) is 5.91 Å². The van der Waals surface area contributed by atoms with Crippen molar-refractivity contribution >= 4 is 57.7 Å². The highest BCUT2D eigenvalue weighted by Gasteiger charge is 2.15. The summed E-state index contributed by atoms with van der Waals surface area (Å²) >= 11 is 2.76. The van der Waals surface area contributed by atoms with E-state index in [1.54, 1.807) is 73.8 Å². The van der Waals surface area contributed by atoms with Crippen LogP contribution in [0, 0.1) is 6.92 Å². The Balaban J connectivity index is 1.41. The largest absolute Gasteiger partial charge is 0.497 e. The highest BCUT2D eigenvalue weighted by Crippen LogP contribution is 2.22. The number of carbonyl (C=O) groups is 3. The molecule has 0 unspecified atom stereocenters. The van der Waals surface area contributed by atoms with Crippen molar-refractivity contribution in [3.63, 3.8) is 0 Å². The zero-order chi connectivity index (χ0) is 27.6. The zero-order valence-electron chi connectivity index (χ0n) is 21.3. The minimum atomic E-state index is -0.478. The van der Waals surface area contributed by atoms with Crippen LogP contribution < -0.4 is 20.7 Å². The van der Waals surface area contributed by atoms with Crippen molar-refractivity contribution in [2.45, 2.75) is 11.8 Å². The van der Waals surface area contributed by atoms with Gasteiger partial charge in [0.1, 0.15) is 11.4 Å². The smallest absolute Gasteiger partial charge is 0.272 e. The van der Waals surface area contributed by atoms with Gasteiger partial charge in [-0.25, -0.2) is 4.98 Å². The fraction of sp³-hybridized carbons (Fsp3) is 0.103. The molecule has 0 bridgehead atoms. The number of amides is 3. The topological polar surface area (TPSA) is 109 Å². The third-order valence-electron chi connectivity index (χ3n) is 5.30. The van der Waals surface area contributed by atoms with Crippen LogP contribution in [0.15, 0.2) is 94.8 Å². The van der Waals surface area contributed by atoms with E-state index in [-0.39, 0.29) is 17.4 Å². The van der Waals surface area contributed by atoms with Crippen LogP contribution in [0.3, 0.4) is 0 Å². The van der Waals surface area contributed by atoms with E-state index in [0.717, 1.165) is 10.6 Å². The number of rotatable bonds is 10. The third-order valence-corrected chi connectivity index (χ3v) is 7.19. The van der Waals surface area contributed by atoms with Gasteiger partial charge < -0.3 is 20.7 Å². The van der Waals surface area contributed by atoms with Gasteiger partial charge in [0, 0.05) is 21.5 Å². The van der Waals surface area contributed by atoms with Gasteiger partial charge in [-0.2, -0.15) is 0 Å². The maximum absolute atomic E-state index is 13.2.